The molecule has 3 rings (SSSR count). The third kappa shape index (κ3) is 5.92. The number of nitrogens with one attached hydrogen (secondary N) is 3. The molecule has 0 spiro atoms. The Morgan fingerprint density at radius 1 is 1.11 bits per heavy atom. The van der Waals surface area contributed by atoms with Gasteiger partial charge in [-0.15, -0.1) is 0 Å². The van der Waals surface area contributed by atoms with Crippen molar-refractivity contribution in [3.8, 4) is 0 Å². The first-order chi connectivity index (χ1) is 16.6. The molecule has 1 saturated carbocycles. The zero-order chi connectivity index (χ0) is 27.0. The molecule has 3 aliphatic rings. The molecule has 0 aromatic heterocycles. The maximum atomic E-state index is 13.6. The third-order valence-electron chi connectivity index (χ3n) is 7.43. The van der Waals surface area contributed by atoms with Crippen LogP contribution < -0.4 is 21.7 Å². The fraction of sp³-hybridized carbons (Fsp3) is 0.783. The van der Waals surface area contributed by atoms with Gasteiger partial charge in [-0.05, 0) is 42.9 Å². The number of amides is 5. The molecule has 5 amide bonds. The monoisotopic (exact) mass is 517 g/mol. The number of likely N-dealkylation sites (tertiary alicyclic amines) is 1. The van der Waals surface area contributed by atoms with Gasteiger partial charge in [-0.3, -0.25) is 24.0 Å². The van der Waals surface area contributed by atoms with Gasteiger partial charge in [0.05, 0.1) is 0 Å². The van der Waals surface area contributed by atoms with E-state index >= 15 is 0 Å². The van der Waals surface area contributed by atoms with Gasteiger partial charge in [-0.1, -0.05) is 27.2 Å². The summed E-state index contributed by atoms with van der Waals surface area (Å²) in [6.45, 7) is 5.17. The summed E-state index contributed by atoms with van der Waals surface area (Å²) >= 11 is 0. The van der Waals surface area contributed by atoms with Crippen LogP contribution in [0.5, 0.6) is 0 Å². The summed E-state index contributed by atoms with van der Waals surface area (Å²) < 4.78 is 38.9. The van der Waals surface area contributed by atoms with Crippen LogP contribution in [0.4, 0.5) is 13.2 Å². The van der Waals surface area contributed by atoms with Crippen LogP contribution in [-0.2, 0) is 24.0 Å². The number of primary amides is 1. The standard InChI is InChI=1S/C23H34F3N5O5/c1-22(2,3)16(30-21(36)23(24,25)26)20(35)31-10-12-5-4-6-13(12)15(31)19(34)29-14(17(27)32)9-11-7-8-28-18(11)33/h11-16H,4-10H2,1-3H3,(H2,27,32)(H,28,33)(H,29,34)(H,30,36)/t11-,12-,13-,14?,15-,16?/m0/s1. The van der Waals surface area contributed by atoms with Crippen molar-refractivity contribution in [2.24, 2.45) is 28.9 Å². The third-order valence-corrected chi connectivity index (χ3v) is 7.43. The Balaban J connectivity index is 1.83. The summed E-state index contributed by atoms with van der Waals surface area (Å²) in [5.74, 6) is -5.50. The Morgan fingerprint density at radius 2 is 1.78 bits per heavy atom. The quantitative estimate of drug-likeness (QED) is 0.381. The Morgan fingerprint density at radius 3 is 2.31 bits per heavy atom. The number of carbonyl (C=O) groups is 5. The highest BCUT2D eigenvalue weighted by atomic mass is 19.4. The molecule has 2 heterocycles. The van der Waals surface area contributed by atoms with E-state index in [0.717, 1.165) is 12.8 Å². The molecule has 6 atom stereocenters. The van der Waals surface area contributed by atoms with E-state index in [1.807, 2.05) is 0 Å². The van der Waals surface area contributed by atoms with Crippen molar-refractivity contribution in [2.45, 2.75) is 77.2 Å². The van der Waals surface area contributed by atoms with Gasteiger partial charge in [0.15, 0.2) is 0 Å². The summed E-state index contributed by atoms with van der Waals surface area (Å²) in [4.78, 5) is 64.0. The van der Waals surface area contributed by atoms with Gasteiger partial charge >= 0.3 is 12.1 Å². The molecule has 2 aliphatic heterocycles. The summed E-state index contributed by atoms with van der Waals surface area (Å²) in [6, 6.07) is -3.71. The lowest BCUT2D eigenvalue weighted by atomic mass is 9.85. The average Bonchev–Trinajstić information content (AvgIpc) is 3.45. The molecule has 202 valence electrons. The van der Waals surface area contributed by atoms with Crippen LogP contribution in [0.3, 0.4) is 0 Å². The maximum Gasteiger partial charge on any atom is 0.471 e. The van der Waals surface area contributed by atoms with E-state index in [1.54, 1.807) is 5.32 Å². The summed E-state index contributed by atoms with van der Waals surface area (Å²) in [6.07, 6.45) is -2.47. The van der Waals surface area contributed by atoms with E-state index in [9.17, 15) is 37.1 Å². The van der Waals surface area contributed by atoms with Crippen LogP contribution in [-0.4, -0.2) is 71.8 Å². The molecule has 13 heteroatoms. The molecule has 1 aliphatic carbocycles. The van der Waals surface area contributed by atoms with Crippen LogP contribution >= 0.6 is 0 Å². The van der Waals surface area contributed by atoms with E-state index in [1.165, 1.54) is 25.7 Å². The van der Waals surface area contributed by atoms with Crippen molar-refractivity contribution in [1.82, 2.24) is 20.9 Å². The molecule has 0 radical (unpaired) electrons. The average molecular weight is 518 g/mol. The number of carbonyl (C=O) groups excluding carboxylic acids is 5. The fourth-order valence-corrected chi connectivity index (χ4v) is 5.55. The number of fused-ring (bicyclic) bond motifs is 1. The lowest BCUT2D eigenvalue weighted by Crippen LogP contribution is -2.61. The van der Waals surface area contributed by atoms with Crippen molar-refractivity contribution in [2.75, 3.05) is 13.1 Å². The molecule has 3 fully saturated rings. The lowest BCUT2D eigenvalue weighted by molar-refractivity contribution is -0.176. The zero-order valence-corrected chi connectivity index (χ0v) is 20.6. The lowest BCUT2D eigenvalue weighted by Gasteiger charge is -2.36. The molecule has 0 aromatic carbocycles. The number of alkyl halides is 3. The highest BCUT2D eigenvalue weighted by Crippen LogP contribution is 2.43. The first kappa shape index (κ1) is 27.7. The van der Waals surface area contributed by atoms with E-state index in [-0.39, 0.29) is 30.7 Å². The SMILES string of the molecule is CC(C)(C)C(NC(=O)C(F)(F)F)C(=O)N1C[C@@H]2CCC[C@@H]2[C@H]1C(=O)NC(C[C@@H]1CCNC1=O)C(N)=O. The van der Waals surface area contributed by atoms with Gasteiger partial charge in [-0.25, -0.2) is 0 Å². The molecule has 2 unspecified atom stereocenters. The summed E-state index contributed by atoms with van der Waals surface area (Å²) in [5.41, 5.74) is 4.41. The predicted molar refractivity (Wildman–Crippen MR) is 121 cm³/mol. The number of hydrogen-bond donors (Lipinski definition) is 4. The summed E-state index contributed by atoms with van der Waals surface area (Å²) in [5, 5.41) is 7.05. The first-order valence-electron chi connectivity index (χ1n) is 12.2. The predicted octanol–water partition coefficient (Wildman–Crippen LogP) is 0.203. The highest BCUT2D eigenvalue weighted by molar-refractivity contribution is 5.96. The minimum Gasteiger partial charge on any atom is -0.368 e. The van der Waals surface area contributed by atoms with E-state index < -0.39 is 59.3 Å². The Bertz CT molecular complexity index is 919. The number of rotatable bonds is 7. The first-order valence-corrected chi connectivity index (χ1v) is 12.2. The molecular formula is C23H34F3N5O5. The van der Waals surface area contributed by atoms with Crippen molar-refractivity contribution in [3.05, 3.63) is 0 Å². The molecule has 5 N–H and O–H groups in total. The van der Waals surface area contributed by atoms with Crippen molar-refractivity contribution >= 4 is 29.5 Å². The van der Waals surface area contributed by atoms with Gasteiger partial charge < -0.3 is 26.6 Å². The smallest absolute Gasteiger partial charge is 0.368 e. The fourth-order valence-electron chi connectivity index (χ4n) is 5.55. The number of nitrogens with two attached hydrogens (primary N) is 1. The maximum absolute atomic E-state index is 13.6. The number of halogens is 3. The van der Waals surface area contributed by atoms with Crippen LogP contribution in [0.2, 0.25) is 0 Å². The van der Waals surface area contributed by atoms with Crippen LogP contribution in [0.15, 0.2) is 0 Å². The highest BCUT2D eigenvalue weighted by Gasteiger charge is 2.53. The topological polar surface area (TPSA) is 151 Å². The molecule has 2 saturated heterocycles. The van der Waals surface area contributed by atoms with Gasteiger partial charge in [0.2, 0.25) is 23.6 Å². The normalized spacial score (nSPS) is 27.7. The number of nitrogens with zero attached hydrogens (tertiary/aromatic N) is 1. The van der Waals surface area contributed by atoms with Crippen LogP contribution in [0.1, 0.15) is 52.9 Å². The zero-order valence-electron chi connectivity index (χ0n) is 20.6. The second-order valence-electron chi connectivity index (χ2n) is 11.0. The minimum atomic E-state index is -5.18. The van der Waals surface area contributed by atoms with E-state index in [4.69, 9.17) is 5.73 Å². The number of hydrogen-bond acceptors (Lipinski definition) is 5. The molecule has 10 nitrogen and oxygen atoms in total. The Hall–Kier alpha value is -2.86. The van der Waals surface area contributed by atoms with Crippen molar-refractivity contribution in [3.63, 3.8) is 0 Å². The molecular weight excluding hydrogens is 483 g/mol. The van der Waals surface area contributed by atoms with Crippen molar-refractivity contribution in [1.29, 1.82) is 0 Å². The van der Waals surface area contributed by atoms with Gasteiger partial charge in [0.25, 0.3) is 0 Å². The van der Waals surface area contributed by atoms with Gasteiger partial charge in [-0.2, -0.15) is 13.2 Å². The summed E-state index contributed by atoms with van der Waals surface area (Å²) in [7, 11) is 0. The van der Waals surface area contributed by atoms with E-state index in [2.05, 4.69) is 10.6 Å². The molecule has 36 heavy (non-hydrogen) atoms. The van der Waals surface area contributed by atoms with Crippen LogP contribution in [0.25, 0.3) is 0 Å². The van der Waals surface area contributed by atoms with Crippen molar-refractivity contribution < 1.29 is 37.1 Å². The minimum absolute atomic E-state index is 0.00786. The van der Waals surface area contributed by atoms with Gasteiger partial charge in [0.1, 0.15) is 18.1 Å². The second kappa shape index (κ2) is 10.3. The Labute approximate surface area is 207 Å². The van der Waals surface area contributed by atoms with E-state index in [0.29, 0.717) is 19.4 Å². The largest absolute Gasteiger partial charge is 0.471 e. The van der Waals surface area contributed by atoms with Crippen LogP contribution in [0, 0.1) is 23.2 Å². The van der Waals surface area contributed by atoms with Gasteiger partial charge in [0, 0.05) is 19.0 Å². The molecule has 0 bridgehead atoms. The molecule has 0 aromatic rings. The second-order valence-corrected chi connectivity index (χ2v) is 11.0. The Kier molecular flexibility index (Phi) is 7.89.